The summed E-state index contributed by atoms with van der Waals surface area (Å²) in [5, 5.41) is 20.5. The number of carboxylic acids is 1. The Morgan fingerprint density at radius 3 is 2.67 bits per heavy atom. The third kappa shape index (κ3) is 2.75. The van der Waals surface area contributed by atoms with Gasteiger partial charge in [-0.15, -0.1) is 0 Å². The van der Waals surface area contributed by atoms with Crippen molar-refractivity contribution in [2.24, 2.45) is 29.1 Å². The van der Waals surface area contributed by atoms with Crippen molar-refractivity contribution < 1.29 is 19.8 Å². The molecule has 27 heavy (non-hydrogen) atoms. The van der Waals surface area contributed by atoms with Gasteiger partial charge in [0, 0.05) is 17.9 Å². The van der Waals surface area contributed by atoms with Crippen LogP contribution in [0.25, 0.3) is 0 Å². The van der Waals surface area contributed by atoms with Crippen molar-refractivity contribution in [2.45, 2.75) is 63.9 Å². The summed E-state index contributed by atoms with van der Waals surface area (Å²) in [4.78, 5) is 22.7. The maximum atomic E-state index is 11.8. The summed E-state index contributed by atoms with van der Waals surface area (Å²) in [6.07, 6.45) is 11.9. The number of aliphatic carboxylic acids is 1. The molecule has 0 saturated heterocycles. The summed E-state index contributed by atoms with van der Waals surface area (Å²) < 4.78 is 0. The number of carboxylic acid groups (broad SMARTS) is 1. The zero-order valence-corrected chi connectivity index (χ0v) is 16.1. The second kappa shape index (κ2) is 6.44. The molecule has 0 bridgehead atoms. The summed E-state index contributed by atoms with van der Waals surface area (Å²) in [5.41, 5.74) is 0.638. The lowest BCUT2D eigenvalue weighted by atomic mass is 9.50. The fourth-order valence-corrected chi connectivity index (χ4v) is 7.03. The Morgan fingerprint density at radius 1 is 1.15 bits per heavy atom. The van der Waals surface area contributed by atoms with Gasteiger partial charge in [0.25, 0.3) is 0 Å². The Labute approximate surface area is 161 Å². The average molecular weight is 370 g/mol. The summed E-state index contributed by atoms with van der Waals surface area (Å²) in [5.74, 6) is 1.48. The molecule has 0 spiro atoms. The van der Waals surface area contributed by atoms with Gasteiger partial charge in [0.15, 0.2) is 5.78 Å². The van der Waals surface area contributed by atoms with Crippen LogP contribution < -0.4 is 0 Å². The van der Waals surface area contributed by atoms with Gasteiger partial charge in [0.05, 0.1) is 5.60 Å². The van der Waals surface area contributed by atoms with Crippen LogP contribution in [0, 0.1) is 29.1 Å². The van der Waals surface area contributed by atoms with Gasteiger partial charge in [-0.25, -0.2) is 4.79 Å². The van der Waals surface area contributed by atoms with Crippen LogP contribution in [-0.2, 0) is 9.59 Å². The van der Waals surface area contributed by atoms with Crippen LogP contribution in [0.4, 0.5) is 0 Å². The van der Waals surface area contributed by atoms with Gasteiger partial charge in [0.2, 0.25) is 0 Å². The zero-order valence-electron chi connectivity index (χ0n) is 16.1. The van der Waals surface area contributed by atoms with Crippen LogP contribution in [0.5, 0.6) is 0 Å². The maximum absolute atomic E-state index is 11.8. The van der Waals surface area contributed by atoms with Gasteiger partial charge in [-0.3, -0.25) is 4.79 Å². The van der Waals surface area contributed by atoms with Crippen LogP contribution in [0.15, 0.2) is 36.0 Å². The molecule has 0 heterocycles. The Balaban J connectivity index is 1.60. The van der Waals surface area contributed by atoms with Crippen molar-refractivity contribution in [2.75, 3.05) is 0 Å². The molecule has 4 aliphatic carbocycles. The smallest absolute Gasteiger partial charge is 0.328 e. The average Bonchev–Trinajstić information content (AvgIpc) is 2.91. The Bertz CT molecular complexity index is 747. The first-order chi connectivity index (χ1) is 12.8. The number of fused-ring (bicyclic) bond motifs is 5. The van der Waals surface area contributed by atoms with E-state index >= 15 is 0 Å². The van der Waals surface area contributed by atoms with E-state index in [0.717, 1.165) is 44.6 Å². The Hall–Kier alpha value is -1.68. The van der Waals surface area contributed by atoms with Crippen LogP contribution >= 0.6 is 0 Å². The largest absolute Gasteiger partial charge is 0.478 e. The number of aliphatic hydroxyl groups is 1. The lowest BCUT2D eigenvalue weighted by Gasteiger charge is -2.55. The fraction of sp³-hybridized carbons (Fsp3) is 0.652. The van der Waals surface area contributed by atoms with Crippen molar-refractivity contribution >= 4 is 11.8 Å². The van der Waals surface area contributed by atoms with E-state index in [1.54, 1.807) is 0 Å². The third-order valence-electron chi connectivity index (χ3n) is 8.41. The minimum Gasteiger partial charge on any atom is -0.478 e. The first kappa shape index (κ1) is 18.7. The molecule has 0 aromatic rings. The van der Waals surface area contributed by atoms with E-state index in [1.807, 2.05) is 6.08 Å². The van der Waals surface area contributed by atoms with Crippen LogP contribution in [0.3, 0.4) is 0 Å². The monoisotopic (exact) mass is 370 g/mol. The van der Waals surface area contributed by atoms with Gasteiger partial charge in [-0.1, -0.05) is 19.1 Å². The molecule has 4 heteroatoms. The SMILES string of the molecule is C=C(C=CC(=O)O)[C@]1(O)CC[C@H]2[C@@H]3CCC4=CC(=O)CC[C@@H]4[C@H]3CC[C@@]21C. The highest BCUT2D eigenvalue weighted by molar-refractivity contribution is 5.91. The molecular formula is C23H30O4. The summed E-state index contributed by atoms with van der Waals surface area (Å²) in [6.45, 7) is 6.24. The molecule has 0 amide bonds. The first-order valence-electron chi connectivity index (χ1n) is 10.3. The highest BCUT2D eigenvalue weighted by Crippen LogP contribution is 2.66. The van der Waals surface area contributed by atoms with E-state index < -0.39 is 11.6 Å². The molecule has 4 rings (SSSR count). The molecular weight excluding hydrogens is 340 g/mol. The first-order valence-corrected chi connectivity index (χ1v) is 10.3. The topological polar surface area (TPSA) is 74.6 Å². The number of hydrogen-bond donors (Lipinski definition) is 2. The second-order valence-electron chi connectivity index (χ2n) is 9.36. The molecule has 0 aromatic carbocycles. The Kier molecular flexibility index (Phi) is 4.45. The summed E-state index contributed by atoms with van der Waals surface area (Å²) in [6, 6.07) is 0. The van der Waals surface area contributed by atoms with Gasteiger partial charge in [0.1, 0.15) is 0 Å². The molecule has 3 saturated carbocycles. The molecule has 4 aliphatic rings. The highest BCUT2D eigenvalue weighted by atomic mass is 16.4. The maximum Gasteiger partial charge on any atom is 0.328 e. The number of rotatable bonds is 3. The quantitative estimate of drug-likeness (QED) is 0.580. The number of ketones is 1. The zero-order chi connectivity index (χ0) is 19.4. The minimum atomic E-state index is -1.02. The van der Waals surface area contributed by atoms with Gasteiger partial charge in [-0.05, 0) is 86.3 Å². The van der Waals surface area contributed by atoms with Crippen molar-refractivity contribution in [1.82, 2.24) is 0 Å². The molecule has 0 unspecified atom stereocenters. The van der Waals surface area contributed by atoms with E-state index in [4.69, 9.17) is 5.11 Å². The fourth-order valence-electron chi connectivity index (χ4n) is 7.03. The standard InChI is InChI=1S/C23H30O4/c1-14(3-8-21(25)26)23(27)12-10-20-19-6-4-15-13-16(24)5-7-17(15)18(19)9-11-22(20,23)2/h3,8,13,17-20,27H,1,4-7,9-12H2,2H3,(H,25,26)/t17-,18+,19+,20-,22-,23+/m0/s1. The summed E-state index contributed by atoms with van der Waals surface area (Å²) >= 11 is 0. The molecule has 2 N–H and O–H groups in total. The molecule has 0 aliphatic heterocycles. The predicted octanol–water partition coefficient (Wildman–Crippen LogP) is 4.06. The van der Waals surface area contributed by atoms with E-state index in [2.05, 4.69) is 13.5 Å². The molecule has 6 atom stereocenters. The normalized spacial score (nSPS) is 43.6. The van der Waals surface area contributed by atoms with Crippen molar-refractivity contribution in [3.8, 4) is 0 Å². The molecule has 3 fully saturated rings. The summed E-state index contributed by atoms with van der Waals surface area (Å²) in [7, 11) is 0. The van der Waals surface area contributed by atoms with Crippen molar-refractivity contribution in [1.29, 1.82) is 0 Å². The Morgan fingerprint density at radius 2 is 1.93 bits per heavy atom. The lowest BCUT2D eigenvalue weighted by molar-refractivity contribution is -0.131. The molecule has 4 nitrogen and oxygen atoms in total. The molecule has 0 aromatic heterocycles. The number of carbonyl (C=O) groups excluding carboxylic acids is 1. The van der Waals surface area contributed by atoms with E-state index in [1.165, 1.54) is 11.6 Å². The number of carbonyl (C=O) groups is 2. The van der Waals surface area contributed by atoms with E-state index in [9.17, 15) is 14.7 Å². The highest BCUT2D eigenvalue weighted by Gasteiger charge is 2.62. The number of allylic oxidation sites excluding steroid dienone is 1. The predicted molar refractivity (Wildman–Crippen MR) is 103 cm³/mol. The second-order valence-corrected chi connectivity index (χ2v) is 9.36. The van der Waals surface area contributed by atoms with Gasteiger partial charge >= 0.3 is 5.97 Å². The van der Waals surface area contributed by atoms with E-state index in [0.29, 0.717) is 42.1 Å². The van der Waals surface area contributed by atoms with Crippen LogP contribution in [0.1, 0.15) is 58.3 Å². The molecule has 0 radical (unpaired) electrons. The van der Waals surface area contributed by atoms with Crippen LogP contribution in [-0.4, -0.2) is 27.6 Å². The lowest BCUT2D eigenvalue weighted by Crippen LogP contribution is -2.53. The van der Waals surface area contributed by atoms with Gasteiger partial charge in [-0.2, -0.15) is 0 Å². The van der Waals surface area contributed by atoms with E-state index in [-0.39, 0.29) is 11.2 Å². The van der Waals surface area contributed by atoms with Crippen molar-refractivity contribution in [3.05, 3.63) is 36.0 Å². The minimum absolute atomic E-state index is 0.250. The van der Waals surface area contributed by atoms with Crippen molar-refractivity contribution in [3.63, 3.8) is 0 Å². The van der Waals surface area contributed by atoms with Crippen LogP contribution in [0.2, 0.25) is 0 Å². The van der Waals surface area contributed by atoms with Gasteiger partial charge < -0.3 is 10.2 Å². The number of hydrogen-bond acceptors (Lipinski definition) is 3. The molecule has 146 valence electrons. The third-order valence-corrected chi connectivity index (χ3v) is 8.41.